The predicted molar refractivity (Wildman–Crippen MR) is 79.0 cm³/mol. The van der Waals surface area contributed by atoms with Crippen molar-refractivity contribution in [2.45, 2.75) is 27.3 Å². The fourth-order valence-corrected chi connectivity index (χ4v) is 2.41. The molecule has 0 radical (unpaired) electrons. The standard InChI is InChI=1S/C16H18ClN/c1-10-6-12(3)15(7-11(10)2)13-4-5-14(9-18)16(17)8-13/h4-8H,9,18H2,1-3H3. The number of benzene rings is 2. The van der Waals surface area contributed by atoms with Crippen molar-refractivity contribution in [1.82, 2.24) is 0 Å². The van der Waals surface area contributed by atoms with Crippen LogP contribution >= 0.6 is 11.6 Å². The second kappa shape index (κ2) is 5.13. The highest BCUT2D eigenvalue weighted by Crippen LogP contribution is 2.29. The minimum atomic E-state index is 0.477. The molecular weight excluding hydrogens is 242 g/mol. The smallest absolute Gasteiger partial charge is 0.0457 e. The Morgan fingerprint density at radius 3 is 2.22 bits per heavy atom. The summed E-state index contributed by atoms with van der Waals surface area (Å²) in [6.45, 7) is 6.88. The van der Waals surface area contributed by atoms with Gasteiger partial charge in [0.15, 0.2) is 0 Å². The number of aryl methyl sites for hydroxylation is 3. The van der Waals surface area contributed by atoms with E-state index in [1.807, 2.05) is 12.1 Å². The molecule has 0 bridgehead atoms. The molecule has 2 rings (SSSR count). The Morgan fingerprint density at radius 1 is 0.944 bits per heavy atom. The van der Waals surface area contributed by atoms with E-state index < -0.39 is 0 Å². The second-order valence-electron chi connectivity index (χ2n) is 4.76. The minimum absolute atomic E-state index is 0.477. The molecule has 0 heterocycles. The molecule has 0 atom stereocenters. The van der Waals surface area contributed by atoms with Crippen molar-refractivity contribution in [3.05, 3.63) is 57.6 Å². The van der Waals surface area contributed by atoms with Gasteiger partial charge in [0, 0.05) is 11.6 Å². The lowest BCUT2D eigenvalue weighted by molar-refractivity contribution is 1.07. The SMILES string of the molecule is Cc1cc(C)c(-c2ccc(CN)c(Cl)c2)cc1C. The molecule has 2 aromatic carbocycles. The van der Waals surface area contributed by atoms with E-state index in [1.54, 1.807) is 0 Å². The average molecular weight is 260 g/mol. The zero-order valence-electron chi connectivity index (χ0n) is 11.0. The van der Waals surface area contributed by atoms with Crippen LogP contribution in [0, 0.1) is 20.8 Å². The lowest BCUT2D eigenvalue weighted by Gasteiger charge is -2.11. The van der Waals surface area contributed by atoms with Crippen molar-refractivity contribution in [3.8, 4) is 11.1 Å². The Bertz CT molecular complexity index is 588. The van der Waals surface area contributed by atoms with Crippen molar-refractivity contribution in [1.29, 1.82) is 0 Å². The molecule has 94 valence electrons. The van der Waals surface area contributed by atoms with Gasteiger partial charge in [-0.05, 0) is 60.2 Å². The molecule has 0 aromatic heterocycles. The molecule has 0 spiro atoms. The summed E-state index contributed by atoms with van der Waals surface area (Å²) in [4.78, 5) is 0. The molecule has 2 heteroatoms. The third kappa shape index (κ3) is 2.43. The van der Waals surface area contributed by atoms with Crippen LogP contribution in [-0.4, -0.2) is 0 Å². The van der Waals surface area contributed by atoms with Gasteiger partial charge >= 0.3 is 0 Å². The number of hydrogen-bond acceptors (Lipinski definition) is 1. The molecule has 2 aromatic rings. The van der Waals surface area contributed by atoms with E-state index in [4.69, 9.17) is 17.3 Å². The Labute approximate surface area is 114 Å². The first-order chi connectivity index (χ1) is 8.52. The highest BCUT2D eigenvalue weighted by atomic mass is 35.5. The first-order valence-corrected chi connectivity index (χ1v) is 6.47. The van der Waals surface area contributed by atoms with Crippen molar-refractivity contribution >= 4 is 11.6 Å². The zero-order chi connectivity index (χ0) is 13.3. The maximum Gasteiger partial charge on any atom is 0.0457 e. The molecule has 0 saturated heterocycles. The van der Waals surface area contributed by atoms with Crippen LogP contribution in [0.15, 0.2) is 30.3 Å². The molecule has 0 amide bonds. The van der Waals surface area contributed by atoms with Gasteiger partial charge in [0.2, 0.25) is 0 Å². The first-order valence-electron chi connectivity index (χ1n) is 6.09. The number of halogens is 1. The summed E-state index contributed by atoms with van der Waals surface area (Å²) in [6, 6.07) is 10.5. The van der Waals surface area contributed by atoms with E-state index in [1.165, 1.54) is 22.3 Å². The number of rotatable bonds is 2. The molecule has 0 aliphatic carbocycles. The van der Waals surface area contributed by atoms with Crippen LogP contribution in [0.5, 0.6) is 0 Å². The predicted octanol–water partition coefficient (Wildman–Crippen LogP) is 4.39. The van der Waals surface area contributed by atoms with Gasteiger partial charge in [-0.2, -0.15) is 0 Å². The molecule has 0 unspecified atom stereocenters. The quantitative estimate of drug-likeness (QED) is 0.850. The molecule has 0 saturated carbocycles. The van der Waals surface area contributed by atoms with E-state index >= 15 is 0 Å². The molecule has 0 aliphatic heterocycles. The lowest BCUT2D eigenvalue weighted by atomic mass is 9.95. The Kier molecular flexibility index (Phi) is 3.74. The Morgan fingerprint density at radius 2 is 1.61 bits per heavy atom. The highest BCUT2D eigenvalue weighted by molar-refractivity contribution is 6.31. The van der Waals surface area contributed by atoms with E-state index in [9.17, 15) is 0 Å². The summed E-state index contributed by atoms with van der Waals surface area (Å²) in [5.74, 6) is 0. The van der Waals surface area contributed by atoms with Crippen molar-refractivity contribution in [2.75, 3.05) is 0 Å². The van der Waals surface area contributed by atoms with Crippen molar-refractivity contribution in [3.63, 3.8) is 0 Å². The van der Waals surface area contributed by atoms with Gasteiger partial charge in [0.1, 0.15) is 0 Å². The summed E-state index contributed by atoms with van der Waals surface area (Å²) in [5, 5.41) is 0.743. The van der Waals surface area contributed by atoms with Crippen LogP contribution < -0.4 is 5.73 Å². The van der Waals surface area contributed by atoms with E-state index in [0.717, 1.165) is 16.1 Å². The summed E-state index contributed by atoms with van der Waals surface area (Å²) in [5.41, 5.74) is 12.9. The van der Waals surface area contributed by atoms with Gasteiger partial charge in [-0.25, -0.2) is 0 Å². The summed E-state index contributed by atoms with van der Waals surface area (Å²) < 4.78 is 0. The van der Waals surface area contributed by atoms with Gasteiger partial charge < -0.3 is 5.73 Å². The van der Waals surface area contributed by atoms with Gasteiger partial charge in [0.25, 0.3) is 0 Å². The monoisotopic (exact) mass is 259 g/mol. The summed E-state index contributed by atoms with van der Waals surface area (Å²) >= 11 is 6.22. The molecule has 1 nitrogen and oxygen atoms in total. The Hall–Kier alpha value is -1.31. The number of nitrogens with two attached hydrogens (primary N) is 1. The molecule has 18 heavy (non-hydrogen) atoms. The van der Waals surface area contributed by atoms with E-state index in [-0.39, 0.29) is 0 Å². The van der Waals surface area contributed by atoms with Crippen LogP contribution in [0.3, 0.4) is 0 Å². The number of hydrogen-bond donors (Lipinski definition) is 1. The summed E-state index contributed by atoms with van der Waals surface area (Å²) in [6.07, 6.45) is 0. The molecular formula is C16H18ClN. The van der Waals surface area contributed by atoms with E-state index in [2.05, 4.69) is 39.0 Å². The topological polar surface area (TPSA) is 26.0 Å². The first kappa shape index (κ1) is 13.1. The summed E-state index contributed by atoms with van der Waals surface area (Å²) in [7, 11) is 0. The average Bonchev–Trinajstić information content (AvgIpc) is 2.33. The van der Waals surface area contributed by atoms with Crippen LogP contribution in [0.4, 0.5) is 0 Å². The molecule has 2 N–H and O–H groups in total. The fraction of sp³-hybridized carbons (Fsp3) is 0.250. The van der Waals surface area contributed by atoms with Crippen LogP contribution in [0.2, 0.25) is 5.02 Å². The van der Waals surface area contributed by atoms with Gasteiger partial charge in [0.05, 0.1) is 0 Å². The van der Waals surface area contributed by atoms with Crippen LogP contribution in [0.1, 0.15) is 22.3 Å². The second-order valence-corrected chi connectivity index (χ2v) is 5.17. The third-order valence-corrected chi connectivity index (χ3v) is 3.78. The maximum absolute atomic E-state index is 6.22. The third-order valence-electron chi connectivity index (χ3n) is 3.42. The Balaban J connectivity index is 2.55. The molecule has 0 aliphatic rings. The minimum Gasteiger partial charge on any atom is -0.326 e. The largest absolute Gasteiger partial charge is 0.326 e. The van der Waals surface area contributed by atoms with Crippen molar-refractivity contribution < 1.29 is 0 Å². The normalized spacial score (nSPS) is 10.7. The molecule has 0 fully saturated rings. The van der Waals surface area contributed by atoms with Crippen LogP contribution in [-0.2, 0) is 6.54 Å². The maximum atomic E-state index is 6.22. The van der Waals surface area contributed by atoms with Crippen molar-refractivity contribution in [2.24, 2.45) is 5.73 Å². The lowest BCUT2D eigenvalue weighted by Crippen LogP contribution is -1.97. The van der Waals surface area contributed by atoms with Gasteiger partial charge in [-0.1, -0.05) is 35.9 Å². The van der Waals surface area contributed by atoms with E-state index in [0.29, 0.717) is 6.54 Å². The van der Waals surface area contributed by atoms with Gasteiger partial charge in [-0.15, -0.1) is 0 Å². The highest BCUT2D eigenvalue weighted by Gasteiger charge is 2.07. The zero-order valence-corrected chi connectivity index (χ0v) is 11.8. The fourth-order valence-electron chi connectivity index (χ4n) is 2.15. The van der Waals surface area contributed by atoms with Crippen LogP contribution in [0.25, 0.3) is 11.1 Å². The van der Waals surface area contributed by atoms with Gasteiger partial charge in [-0.3, -0.25) is 0 Å².